The highest BCUT2D eigenvalue weighted by Gasteiger charge is 2.35. The third kappa shape index (κ3) is 4.27. The molecule has 2 fully saturated rings. The lowest BCUT2D eigenvalue weighted by Crippen LogP contribution is -2.51. The van der Waals surface area contributed by atoms with Gasteiger partial charge in [0.05, 0.1) is 12.8 Å². The first kappa shape index (κ1) is 19.3. The Hall–Kier alpha value is -1.44. The average Bonchev–Trinajstić information content (AvgIpc) is 3.06. The molecule has 0 aromatic carbocycles. The summed E-state index contributed by atoms with van der Waals surface area (Å²) in [6.07, 6.45) is 6.08. The van der Waals surface area contributed by atoms with E-state index in [0.717, 1.165) is 32.6 Å². The van der Waals surface area contributed by atoms with Crippen molar-refractivity contribution in [1.29, 1.82) is 0 Å². The van der Waals surface area contributed by atoms with Gasteiger partial charge in [-0.2, -0.15) is 5.10 Å². The molecule has 1 unspecified atom stereocenters. The number of hydrogen-bond acceptors (Lipinski definition) is 5. The minimum Gasteiger partial charge on any atom is -0.366 e. The van der Waals surface area contributed by atoms with Gasteiger partial charge in [-0.3, -0.25) is 14.4 Å². The largest absolute Gasteiger partial charge is 0.366 e. The molecule has 2 saturated heterocycles. The van der Waals surface area contributed by atoms with Crippen LogP contribution in [0.5, 0.6) is 0 Å². The highest BCUT2D eigenvalue weighted by atomic mass is 16.5. The number of amides is 1. The molecule has 1 amide bonds. The van der Waals surface area contributed by atoms with Crippen molar-refractivity contribution in [3.05, 3.63) is 18.0 Å². The SMILES string of the molecule is CCN1CCC[C@@H](CN(C)C(=O)C2CN(C)CCO2)[C@@H]1c1cnn(C)c1. The van der Waals surface area contributed by atoms with Gasteiger partial charge in [-0.25, -0.2) is 0 Å². The van der Waals surface area contributed by atoms with E-state index in [1.807, 2.05) is 36.9 Å². The second kappa shape index (κ2) is 8.50. The zero-order chi connectivity index (χ0) is 18.7. The topological polar surface area (TPSA) is 53.8 Å². The van der Waals surface area contributed by atoms with Crippen LogP contribution in [-0.2, 0) is 16.6 Å². The molecule has 3 rings (SSSR count). The summed E-state index contributed by atoms with van der Waals surface area (Å²) in [4.78, 5) is 19.4. The molecule has 26 heavy (non-hydrogen) atoms. The zero-order valence-corrected chi connectivity index (χ0v) is 16.6. The first-order valence-corrected chi connectivity index (χ1v) is 9.77. The third-order valence-electron chi connectivity index (χ3n) is 5.76. The zero-order valence-electron chi connectivity index (χ0n) is 16.6. The van der Waals surface area contributed by atoms with Crippen molar-refractivity contribution in [2.24, 2.45) is 13.0 Å². The van der Waals surface area contributed by atoms with Crippen molar-refractivity contribution in [3.8, 4) is 0 Å². The molecule has 2 aliphatic heterocycles. The van der Waals surface area contributed by atoms with Crippen molar-refractivity contribution in [2.45, 2.75) is 31.9 Å². The van der Waals surface area contributed by atoms with E-state index in [9.17, 15) is 4.79 Å². The summed E-state index contributed by atoms with van der Waals surface area (Å²) >= 11 is 0. The van der Waals surface area contributed by atoms with E-state index in [1.165, 1.54) is 12.0 Å². The van der Waals surface area contributed by atoms with Gasteiger partial charge in [0.2, 0.25) is 0 Å². The minimum absolute atomic E-state index is 0.107. The second-order valence-electron chi connectivity index (χ2n) is 7.76. The Kier molecular flexibility index (Phi) is 6.32. The number of morpholine rings is 1. The molecular weight excluding hydrogens is 330 g/mol. The number of nitrogens with zero attached hydrogens (tertiary/aromatic N) is 5. The standard InChI is InChI=1S/C19H33N5O2/c1-5-24-8-6-7-15(18(24)16-11-20-23(4)13-16)12-22(3)19(25)17-14-21(2)9-10-26-17/h11,13,15,17-18H,5-10,12,14H2,1-4H3/t15-,17?,18+/m0/s1. The lowest BCUT2D eigenvalue weighted by molar-refractivity contribution is -0.148. The van der Waals surface area contributed by atoms with Gasteiger partial charge in [0.1, 0.15) is 6.10 Å². The van der Waals surface area contributed by atoms with Gasteiger partial charge in [0.15, 0.2) is 0 Å². The summed E-state index contributed by atoms with van der Waals surface area (Å²) in [6, 6.07) is 0.327. The van der Waals surface area contributed by atoms with Crippen LogP contribution in [0.25, 0.3) is 0 Å². The van der Waals surface area contributed by atoms with E-state index in [0.29, 0.717) is 25.1 Å². The summed E-state index contributed by atoms with van der Waals surface area (Å²) in [6.45, 7) is 7.31. The van der Waals surface area contributed by atoms with Gasteiger partial charge in [0, 0.05) is 51.5 Å². The highest BCUT2D eigenvalue weighted by Crippen LogP contribution is 2.36. The number of aromatic nitrogens is 2. The number of likely N-dealkylation sites (tertiary alicyclic amines) is 1. The Bertz CT molecular complexity index is 605. The number of likely N-dealkylation sites (N-methyl/N-ethyl adjacent to an activating group) is 2. The summed E-state index contributed by atoms with van der Waals surface area (Å²) < 4.78 is 7.59. The van der Waals surface area contributed by atoms with Gasteiger partial charge in [-0.15, -0.1) is 0 Å². The number of carbonyl (C=O) groups excluding carboxylic acids is 1. The maximum absolute atomic E-state index is 12.9. The average molecular weight is 364 g/mol. The molecular formula is C19H33N5O2. The molecule has 1 aromatic heterocycles. The molecule has 146 valence electrons. The molecule has 3 atom stereocenters. The molecule has 3 heterocycles. The number of rotatable bonds is 5. The lowest BCUT2D eigenvalue weighted by Gasteiger charge is -2.42. The van der Waals surface area contributed by atoms with Gasteiger partial charge < -0.3 is 14.5 Å². The fourth-order valence-electron chi connectivity index (χ4n) is 4.39. The second-order valence-corrected chi connectivity index (χ2v) is 7.76. The Balaban J connectivity index is 1.70. The number of hydrogen-bond donors (Lipinski definition) is 0. The molecule has 0 radical (unpaired) electrons. The van der Waals surface area contributed by atoms with Crippen LogP contribution in [0.4, 0.5) is 0 Å². The van der Waals surface area contributed by atoms with Crippen molar-refractivity contribution in [1.82, 2.24) is 24.5 Å². The molecule has 0 spiro atoms. The summed E-state index contributed by atoms with van der Waals surface area (Å²) in [5, 5.41) is 4.37. The minimum atomic E-state index is -0.332. The molecule has 1 aromatic rings. The van der Waals surface area contributed by atoms with Crippen LogP contribution in [0.2, 0.25) is 0 Å². The quantitative estimate of drug-likeness (QED) is 0.781. The van der Waals surface area contributed by atoms with E-state index in [-0.39, 0.29) is 12.0 Å². The van der Waals surface area contributed by atoms with Crippen molar-refractivity contribution in [3.63, 3.8) is 0 Å². The van der Waals surface area contributed by atoms with Gasteiger partial charge >= 0.3 is 0 Å². The van der Waals surface area contributed by atoms with E-state index >= 15 is 0 Å². The third-order valence-corrected chi connectivity index (χ3v) is 5.76. The summed E-state index contributed by atoms with van der Waals surface area (Å²) in [5.41, 5.74) is 1.26. The molecule has 0 N–H and O–H groups in total. The smallest absolute Gasteiger partial charge is 0.252 e. The van der Waals surface area contributed by atoms with Crippen LogP contribution >= 0.6 is 0 Å². The number of aryl methyl sites for hydroxylation is 1. The lowest BCUT2D eigenvalue weighted by atomic mass is 9.85. The number of ether oxygens (including phenoxy) is 1. The predicted molar refractivity (Wildman–Crippen MR) is 101 cm³/mol. The maximum Gasteiger partial charge on any atom is 0.252 e. The van der Waals surface area contributed by atoms with Crippen LogP contribution in [0.3, 0.4) is 0 Å². The van der Waals surface area contributed by atoms with Crippen molar-refractivity contribution in [2.75, 3.05) is 53.4 Å². The summed E-state index contributed by atoms with van der Waals surface area (Å²) in [5.74, 6) is 0.526. The number of piperidine rings is 1. The Morgan fingerprint density at radius 3 is 2.85 bits per heavy atom. The summed E-state index contributed by atoms with van der Waals surface area (Å²) in [7, 11) is 5.93. The predicted octanol–water partition coefficient (Wildman–Crippen LogP) is 0.982. The maximum atomic E-state index is 12.9. The van der Waals surface area contributed by atoms with Gasteiger partial charge in [-0.1, -0.05) is 6.92 Å². The molecule has 0 aliphatic carbocycles. The fraction of sp³-hybridized carbons (Fsp3) is 0.789. The van der Waals surface area contributed by atoms with E-state index in [2.05, 4.69) is 28.0 Å². The normalized spacial score (nSPS) is 28.2. The van der Waals surface area contributed by atoms with Crippen LogP contribution in [-0.4, -0.2) is 89.9 Å². The van der Waals surface area contributed by atoms with Crippen molar-refractivity contribution >= 4 is 5.91 Å². The van der Waals surface area contributed by atoms with E-state index < -0.39 is 0 Å². The molecule has 0 bridgehead atoms. The molecule has 7 nitrogen and oxygen atoms in total. The van der Waals surface area contributed by atoms with Crippen LogP contribution < -0.4 is 0 Å². The Morgan fingerprint density at radius 2 is 2.19 bits per heavy atom. The highest BCUT2D eigenvalue weighted by molar-refractivity contribution is 5.81. The van der Waals surface area contributed by atoms with Crippen LogP contribution in [0.1, 0.15) is 31.4 Å². The Labute approximate surface area is 156 Å². The first-order valence-electron chi connectivity index (χ1n) is 9.77. The van der Waals surface area contributed by atoms with Gasteiger partial charge in [-0.05, 0) is 38.9 Å². The molecule has 2 aliphatic rings. The van der Waals surface area contributed by atoms with E-state index in [4.69, 9.17) is 4.74 Å². The van der Waals surface area contributed by atoms with Crippen LogP contribution in [0.15, 0.2) is 12.4 Å². The Morgan fingerprint density at radius 1 is 1.38 bits per heavy atom. The molecule has 7 heteroatoms. The first-order chi connectivity index (χ1) is 12.5. The van der Waals surface area contributed by atoms with E-state index in [1.54, 1.807) is 0 Å². The molecule has 0 saturated carbocycles. The van der Waals surface area contributed by atoms with Gasteiger partial charge in [0.25, 0.3) is 5.91 Å². The van der Waals surface area contributed by atoms with Crippen molar-refractivity contribution < 1.29 is 9.53 Å². The monoisotopic (exact) mass is 363 g/mol. The number of carbonyl (C=O) groups is 1. The van der Waals surface area contributed by atoms with Crippen LogP contribution in [0, 0.1) is 5.92 Å². The fourth-order valence-corrected chi connectivity index (χ4v) is 4.39.